The van der Waals surface area contributed by atoms with Crippen molar-refractivity contribution < 1.29 is 8.42 Å². The average Bonchev–Trinajstić information content (AvgIpc) is 2.24. The van der Waals surface area contributed by atoms with Gasteiger partial charge in [-0.05, 0) is 25.0 Å². The minimum Gasteiger partial charge on any atom is -0.369 e. The highest BCUT2D eigenvalue weighted by Gasteiger charge is 2.12. The highest BCUT2D eigenvalue weighted by Crippen LogP contribution is 2.17. The van der Waals surface area contributed by atoms with Gasteiger partial charge in [-0.3, -0.25) is 0 Å². The molecule has 0 aliphatic heterocycles. The fourth-order valence-corrected chi connectivity index (χ4v) is 2.24. The topological polar surface area (TPSA) is 59.1 Å². The molecule has 1 N–H and O–H groups in total. The number of alkyl halides is 1. The molecule has 0 saturated heterocycles. The second-order valence-electron chi connectivity index (χ2n) is 3.45. The van der Waals surface area contributed by atoms with Crippen LogP contribution in [0.3, 0.4) is 0 Å². The molecule has 0 bridgehead atoms. The molecule has 0 saturated carbocycles. The van der Waals surface area contributed by atoms with Gasteiger partial charge in [0.1, 0.15) is 10.7 Å². The molecule has 0 aromatic carbocycles. The van der Waals surface area contributed by atoms with E-state index in [0.29, 0.717) is 18.2 Å². The maximum atomic E-state index is 11.4. The zero-order valence-electron chi connectivity index (χ0n) is 9.11. The summed E-state index contributed by atoms with van der Waals surface area (Å²) < 4.78 is 22.9. The standard InChI is InChI=1S/C10H15ClN2O2S/c1-16(14,15)9-5-4-8-13-10(9)12-7-3-2-6-11/h4-5,8H,2-3,6-7H2,1H3,(H,12,13). The van der Waals surface area contributed by atoms with E-state index in [1.54, 1.807) is 18.3 Å². The number of hydrogen-bond acceptors (Lipinski definition) is 4. The van der Waals surface area contributed by atoms with Crippen molar-refractivity contribution in [1.82, 2.24) is 4.98 Å². The van der Waals surface area contributed by atoms with Crippen LogP contribution < -0.4 is 5.32 Å². The molecule has 16 heavy (non-hydrogen) atoms. The molecule has 0 amide bonds. The van der Waals surface area contributed by atoms with E-state index in [4.69, 9.17) is 11.6 Å². The molecule has 6 heteroatoms. The Hall–Kier alpha value is -0.810. The molecule has 0 spiro atoms. The van der Waals surface area contributed by atoms with Crippen LogP contribution in [-0.4, -0.2) is 32.1 Å². The second kappa shape index (κ2) is 6.06. The predicted octanol–water partition coefficient (Wildman–Crippen LogP) is 1.92. The number of unbranched alkanes of at least 4 members (excludes halogenated alkanes) is 1. The number of anilines is 1. The van der Waals surface area contributed by atoms with E-state index in [1.807, 2.05) is 0 Å². The number of aromatic nitrogens is 1. The van der Waals surface area contributed by atoms with Gasteiger partial charge >= 0.3 is 0 Å². The van der Waals surface area contributed by atoms with Gasteiger partial charge in [0.2, 0.25) is 0 Å². The van der Waals surface area contributed by atoms with Crippen LogP contribution in [0.25, 0.3) is 0 Å². The first-order valence-corrected chi connectivity index (χ1v) is 7.43. The quantitative estimate of drug-likeness (QED) is 0.629. The van der Waals surface area contributed by atoms with Crippen LogP contribution in [0.4, 0.5) is 5.82 Å². The molecule has 0 radical (unpaired) electrons. The van der Waals surface area contributed by atoms with Gasteiger partial charge in [-0.2, -0.15) is 0 Å². The molecular formula is C10H15ClN2O2S. The number of rotatable bonds is 6. The Kier molecular flexibility index (Phi) is 5.02. The second-order valence-corrected chi connectivity index (χ2v) is 5.81. The van der Waals surface area contributed by atoms with Crippen molar-refractivity contribution in [3.8, 4) is 0 Å². The summed E-state index contributed by atoms with van der Waals surface area (Å²) in [5, 5.41) is 3.01. The summed E-state index contributed by atoms with van der Waals surface area (Å²) in [6, 6.07) is 3.16. The lowest BCUT2D eigenvalue weighted by Gasteiger charge is -2.08. The average molecular weight is 263 g/mol. The maximum absolute atomic E-state index is 11.4. The lowest BCUT2D eigenvalue weighted by atomic mass is 10.3. The molecule has 1 rings (SSSR count). The molecule has 4 nitrogen and oxygen atoms in total. The third-order valence-electron chi connectivity index (χ3n) is 2.02. The van der Waals surface area contributed by atoms with Gasteiger partial charge in [0, 0.05) is 24.9 Å². The fraction of sp³-hybridized carbons (Fsp3) is 0.500. The zero-order valence-corrected chi connectivity index (χ0v) is 10.7. The Morgan fingerprint density at radius 3 is 2.81 bits per heavy atom. The van der Waals surface area contributed by atoms with Crippen LogP contribution in [0, 0.1) is 0 Å². The molecule has 1 aromatic rings. The Labute approximate surface area is 101 Å². The van der Waals surface area contributed by atoms with E-state index < -0.39 is 9.84 Å². The molecule has 1 aromatic heterocycles. The van der Waals surface area contributed by atoms with E-state index in [9.17, 15) is 8.42 Å². The fourth-order valence-electron chi connectivity index (χ4n) is 1.25. The lowest BCUT2D eigenvalue weighted by molar-refractivity contribution is 0.601. The first-order chi connectivity index (χ1) is 7.55. The number of sulfone groups is 1. The third-order valence-corrected chi connectivity index (χ3v) is 3.42. The Bertz CT molecular complexity index is 434. The number of nitrogens with zero attached hydrogens (tertiary/aromatic N) is 1. The van der Waals surface area contributed by atoms with Crippen LogP contribution in [0.2, 0.25) is 0 Å². The van der Waals surface area contributed by atoms with Gasteiger partial charge in [-0.15, -0.1) is 11.6 Å². The van der Waals surface area contributed by atoms with Crippen molar-refractivity contribution >= 4 is 27.3 Å². The van der Waals surface area contributed by atoms with E-state index in [-0.39, 0.29) is 4.90 Å². The van der Waals surface area contributed by atoms with E-state index in [1.165, 1.54) is 6.26 Å². The smallest absolute Gasteiger partial charge is 0.179 e. The maximum Gasteiger partial charge on any atom is 0.179 e. The van der Waals surface area contributed by atoms with Crippen molar-refractivity contribution in [1.29, 1.82) is 0 Å². The minimum absolute atomic E-state index is 0.237. The Morgan fingerprint density at radius 2 is 2.19 bits per heavy atom. The molecular weight excluding hydrogens is 248 g/mol. The van der Waals surface area contributed by atoms with Crippen LogP contribution in [-0.2, 0) is 9.84 Å². The zero-order chi connectivity index (χ0) is 12.0. The van der Waals surface area contributed by atoms with Crippen LogP contribution in [0.1, 0.15) is 12.8 Å². The molecule has 0 atom stereocenters. The summed E-state index contributed by atoms with van der Waals surface area (Å²) in [6.45, 7) is 0.673. The van der Waals surface area contributed by atoms with Gasteiger partial charge in [0.05, 0.1) is 0 Å². The summed E-state index contributed by atoms with van der Waals surface area (Å²) in [5.41, 5.74) is 0. The van der Waals surface area contributed by atoms with E-state index in [2.05, 4.69) is 10.3 Å². The summed E-state index contributed by atoms with van der Waals surface area (Å²) in [5.74, 6) is 1.03. The summed E-state index contributed by atoms with van der Waals surface area (Å²) >= 11 is 5.55. The van der Waals surface area contributed by atoms with Crippen molar-refractivity contribution in [3.63, 3.8) is 0 Å². The molecule has 0 fully saturated rings. The monoisotopic (exact) mass is 262 g/mol. The SMILES string of the molecule is CS(=O)(=O)c1cccnc1NCCCCCl. The number of halogens is 1. The molecule has 0 aliphatic rings. The van der Waals surface area contributed by atoms with Crippen molar-refractivity contribution in [2.45, 2.75) is 17.7 Å². The number of hydrogen-bond donors (Lipinski definition) is 1. The molecule has 0 aliphatic carbocycles. The van der Waals surface area contributed by atoms with Crippen LogP contribution in [0.5, 0.6) is 0 Å². The molecule has 0 unspecified atom stereocenters. The lowest BCUT2D eigenvalue weighted by Crippen LogP contribution is -2.09. The van der Waals surface area contributed by atoms with Crippen molar-refractivity contribution in [3.05, 3.63) is 18.3 Å². The molecule has 90 valence electrons. The summed E-state index contributed by atoms with van der Waals surface area (Å²) in [7, 11) is -3.23. The highest BCUT2D eigenvalue weighted by molar-refractivity contribution is 7.90. The van der Waals surface area contributed by atoms with Crippen LogP contribution >= 0.6 is 11.6 Å². The van der Waals surface area contributed by atoms with Gasteiger partial charge in [0.15, 0.2) is 9.84 Å². The summed E-state index contributed by atoms with van der Waals surface area (Å²) in [4.78, 5) is 4.26. The first-order valence-electron chi connectivity index (χ1n) is 5.00. The Balaban J connectivity index is 2.73. The van der Waals surface area contributed by atoms with Crippen LogP contribution in [0.15, 0.2) is 23.2 Å². The predicted molar refractivity (Wildman–Crippen MR) is 65.8 cm³/mol. The summed E-state index contributed by atoms with van der Waals surface area (Å²) in [6.07, 6.45) is 4.53. The minimum atomic E-state index is -3.23. The van der Waals surface area contributed by atoms with Crippen molar-refractivity contribution in [2.24, 2.45) is 0 Å². The Morgan fingerprint density at radius 1 is 1.44 bits per heavy atom. The largest absolute Gasteiger partial charge is 0.369 e. The van der Waals surface area contributed by atoms with E-state index >= 15 is 0 Å². The number of nitrogens with one attached hydrogen (secondary N) is 1. The van der Waals surface area contributed by atoms with Crippen molar-refractivity contribution in [2.75, 3.05) is 24.0 Å². The normalized spacial score (nSPS) is 11.4. The first kappa shape index (κ1) is 13.3. The van der Waals surface area contributed by atoms with Gasteiger partial charge in [0.25, 0.3) is 0 Å². The van der Waals surface area contributed by atoms with E-state index in [0.717, 1.165) is 12.8 Å². The van der Waals surface area contributed by atoms with Gasteiger partial charge in [-0.25, -0.2) is 13.4 Å². The molecule has 1 heterocycles. The third kappa shape index (κ3) is 3.98. The van der Waals surface area contributed by atoms with Gasteiger partial charge in [-0.1, -0.05) is 0 Å². The van der Waals surface area contributed by atoms with Gasteiger partial charge < -0.3 is 5.32 Å². The number of pyridine rings is 1. The highest BCUT2D eigenvalue weighted by atomic mass is 35.5.